The number of fused-ring (bicyclic) bond motifs is 3. The molecule has 0 amide bonds. The molecular weight excluding hydrogens is 330 g/mol. The molecule has 0 fully saturated rings. The minimum atomic E-state index is 0.0400. The van der Waals surface area contributed by atoms with E-state index in [9.17, 15) is 4.79 Å². The fourth-order valence-electron chi connectivity index (χ4n) is 3.74. The van der Waals surface area contributed by atoms with E-state index >= 15 is 0 Å². The van der Waals surface area contributed by atoms with Crippen molar-refractivity contribution < 1.29 is 4.79 Å². The molecule has 0 unspecified atom stereocenters. The van der Waals surface area contributed by atoms with Crippen LogP contribution >= 0.6 is 0 Å². The summed E-state index contributed by atoms with van der Waals surface area (Å²) in [7, 11) is 0. The van der Waals surface area contributed by atoms with E-state index in [-0.39, 0.29) is 5.78 Å². The Balaban J connectivity index is 1.73. The molecule has 128 valence electrons. The van der Waals surface area contributed by atoms with Crippen LogP contribution in [-0.4, -0.2) is 10.4 Å². The van der Waals surface area contributed by atoms with Crippen LogP contribution in [0.2, 0.25) is 0 Å². The number of hydrogen-bond acceptors (Lipinski definition) is 1. The maximum Gasteiger partial charge on any atom is 0.193 e. The Bertz CT molecular complexity index is 1230. The summed E-state index contributed by atoms with van der Waals surface area (Å²) in [5.41, 5.74) is 4.68. The Hall–Kier alpha value is -3.65. The smallest absolute Gasteiger partial charge is 0.193 e. The fourth-order valence-corrected chi connectivity index (χ4v) is 3.74. The Kier molecular flexibility index (Phi) is 3.61. The molecule has 5 aromatic rings. The first-order valence-electron chi connectivity index (χ1n) is 9.01. The van der Waals surface area contributed by atoms with Crippen molar-refractivity contribution in [2.75, 3.05) is 0 Å². The van der Waals surface area contributed by atoms with E-state index in [2.05, 4.69) is 59.2 Å². The molecule has 2 nitrogen and oxygen atoms in total. The van der Waals surface area contributed by atoms with Crippen LogP contribution < -0.4 is 0 Å². The number of benzene rings is 4. The second kappa shape index (κ2) is 6.26. The van der Waals surface area contributed by atoms with E-state index in [0.29, 0.717) is 11.1 Å². The third-order valence-corrected chi connectivity index (χ3v) is 4.98. The molecule has 0 aliphatic rings. The summed E-state index contributed by atoms with van der Waals surface area (Å²) < 4.78 is 2.23. The Morgan fingerprint density at radius 2 is 1.11 bits per heavy atom. The summed E-state index contributed by atoms with van der Waals surface area (Å²) in [5, 5.41) is 2.43. The van der Waals surface area contributed by atoms with Gasteiger partial charge in [0.05, 0.1) is 11.0 Å². The third-order valence-electron chi connectivity index (χ3n) is 4.98. The van der Waals surface area contributed by atoms with Crippen LogP contribution in [-0.2, 0) is 0 Å². The maximum absolute atomic E-state index is 12.9. The average Bonchev–Trinajstić information content (AvgIpc) is 3.08. The highest BCUT2D eigenvalue weighted by Gasteiger charge is 2.14. The molecule has 0 spiro atoms. The highest BCUT2D eigenvalue weighted by molar-refractivity contribution is 6.11. The molecule has 1 heterocycles. The lowest BCUT2D eigenvalue weighted by Crippen LogP contribution is -2.02. The van der Waals surface area contributed by atoms with Gasteiger partial charge in [0.25, 0.3) is 0 Å². The van der Waals surface area contributed by atoms with Gasteiger partial charge in [-0.1, -0.05) is 78.9 Å². The van der Waals surface area contributed by atoms with Gasteiger partial charge in [-0.3, -0.25) is 4.79 Å². The summed E-state index contributed by atoms with van der Waals surface area (Å²) in [5.74, 6) is 0.0400. The molecule has 0 aliphatic heterocycles. The first kappa shape index (κ1) is 15.6. The highest BCUT2D eigenvalue weighted by Crippen LogP contribution is 2.32. The van der Waals surface area contributed by atoms with Crippen LogP contribution in [0.3, 0.4) is 0 Å². The van der Waals surface area contributed by atoms with Crippen molar-refractivity contribution in [3.63, 3.8) is 0 Å². The Labute approximate surface area is 157 Å². The summed E-state index contributed by atoms with van der Waals surface area (Å²) >= 11 is 0. The number of hydrogen-bond donors (Lipinski definition) is 0. The molecule has 5 rings (SSSR count). The van der Waals surface area contributed by atoms with Crippen LogP contribution in [0.5, 0.6) is 0 Å². The quantitative estimate of drug-likeness (QED) is 0.366. The Morgan fingerprint density at radius 3 is 1.78 bits per heavy atom. The topological polar surface area (TPSA) is 22.0 Å². The molecule has 4 aromatic carbocycles. The van der Waals surface area contributed by atoms with Crippen LogP contribution in [0.25, 0.3) is 27.5 Å². The summed E-state index contributed by atoms with van der Waals surface area (Å²) in [6.07, 6.45) is 0. The van der Waals surface area contributed by atoms with Crippen molar-refractivity contribution in [3.8, 4) is 5.69 Å². The molecule has 0 aliphatic carbocycles. The molecule has 0 N–H and O–H groups in total. The van der Waals surface area contributed by atoms with Gasteiger partial charge in [-0.25, -0.2) is 0 Å². The molecular formula is C25H17NO. The predicted octanol–water partition coefficient (Wildman–Crippen LogP) is 6.01. The van der Waals surface area contributed by atoms with E-state index in [1.54, 1.807) is 0 Å². The number of rotatable bonds is 3. The second-order valence-electron chi connectivity index (χ2n) is 6.62. The van der Waals surface area contributed by atoms with Crippen LogP contribution in [0.15, 0.2) is 103 Å². The lowest BCUT2D eigenvalue weighted by atomic mass is 10.0. The molecule has 0 saturated heterocycles. The van der Waals surface area contributed by atoms with Crippen molar-refractivity contribution in [1.29, 1.82) is 0 Å². The standard InChI is InChI=1S/C25H17NO/c27-25(18-9-2-1-3-10-18)19-11-8-12-20(17-19)26-23-15-6-4-13-21(23)22-14-5-7-16-24(22)26/h1-17H. The van der Waals surface area contributed by atoms with E-state index in [0.717, 1.165) is 16.7 Å². The van der Waals surface area contributed by atoms with Gasteiger partial charge in [-0.05, 0) is 24.3 Å². The molecule has 1 aromatic heterocycles. The Morgan fingerprint density at radius 1 is 0.556 bits per heavy atom. The molecule has 2 heteroatoms. The average molecular weight is 347 g/mol. The largest absolute Gasteiger partial charge is 0.309 e. The van der Waals surface area contributed by atoms with Crippen LogP contribution in [0.4, 0.5) is 0 Å². The number of carbonyl (C=O) groups is 1. The van der Waals surface area contributed by atoms with Gasteiger partial charge < -0.3 is 4.57 Å². The summed E-state index contributed by atoms with van der Waals surface area (Å²) in [6, 6.07) is 34.1. The zero-order valence-electron chi connectivity index (χ0n) is 14.7. The van der Waals surface area contributed by atoms with Crippen molar-refractivity contribution >= 4 is 27.6 Å². The van der Waals surface area contributed by atoms with Gasteiger partial charge in [-0.2, -0.15) is 0 Å². The number of nitrogens with zero attached hydrogens (tertiary/aromatic N) is 1. The zero-order chi connectivity index (χ0) is 18.2. The van der Waals surface area contributed by atoms with Crippen molar-refractivity contribution in [2.24, 2.45) is 0 Å². The number of carbonyl (C=O) groups excluding carboxylic acids is 1. The van der Waals surface area contributed by atoms with E-state index in [4.69, 9.17) is 0 Å². The summed E-state index contributed by atoms with van der Waals surface area (Å²) in [6.45, 7) is 0. The van der Waals surface area contributed by atoms with Gasteiger partial charge in [-0.15, -0.1) is 0 Å². The first-order valence-corrected chi connectivity index (χ1v) is 9.01. The van der Waals surface area contributed by atoms with E-state index in [1.807, 2.05) is 48.5 Å². The lowest BCUT2D eigenvalue weighted by Gasteiger charge is -2.09. The van der Waals surface area contributed by atoms with E-state index < -0.39 is 0 Å². The molecule has 27 heavy (non-hydrogen) atoms. The van der Waals surface area contributed by atoms with Crippen LogP contribution in [0, 0.1) is 0 Å². The number of ketones is 1. The van der Waals surface area contributed by atoms with Crippen molar-refractivity contribution in [3.05, 3.63) is 114 Å². The molecule has 0 saturated carbocycles. The SMILES string of the molecule is O=C(c1ccccc1)c1cccc(-n2c3ccccc3c3ccccc32)c1. The highest BCUT2D eigenvalue weighted by atomic mass is 16.1. The van der Waals surface area contributed by atoms with Gasteiger partial charge in [0.1, 0.15) is 0 Å². The monoisotopic (exact) mass is 347 g/mol. The van der Waals surface area contributed by atoms with Crippen molar-refractivity contribution in [2.45, 2.75) is 0 Å². The predicted molar refractivity (Wildman–Crippen MR) is 111 cm³/mol. The van der Waals surface area contributed by atoms with Gasteiger partial charge in [0.15, 0.2) is 5.78 Å². The maximum atomic E-state index is 12.9. The number of aromatic nitrogens is 1. The van der Waals surface area contributed by atoms with Gasteiger partial charge >= 0.3 is 0 Å². The fraction of sp³-hybridized carbons (Fsp3) is 0. The minimum absolute atomic E-state index is 0.0400. The number of para-hydroxylation sites is 2. The van der Waals surface area contributed by atoms with Crippen molar-refractivity contribution in [1.82, 2.24) is 4.57 Å². The first-order chi connectivity index (χ1) is 13.3. The van der Waals surface area contributed by atoms with E-state index in [1.165, 1.54) is 10.8 Å². The lowest BCUT2D eigenvalue weighted by molar-refractivity contribution is 0.103. The molecule has 0 atom stereocenters. The third kappa shape index (κ3) is 2.54. The zero-order valence-corrected chi connectivity index (χ0v) is 14.7. The van der Waals surface area contributed by atoms with Gasteiger partial charge in [0, 0.05) is 27.6 Å². The second-order valence-corrected chi connectivity index (χ2v) is 6.62. The van der Waals surface area contributed by atoms with Gasteiger partial charge in [0.2, 0.25) is 0 Å². The molecule has 0 bridgehead atoms. The molecule has 0 radical (unpaired) electrons. The summed E-state index contributed by atoms with van der Waals surface area (Å²) in [4.78, 5) is 12.9. The minimum Gasteiger partial charge on any atom is -0.309 e. The van der Waals surface area contributed by atoms with Crippen LogP contribution in [0.1, 0.15) is 15.9 Å². The normalized spacial score (nSPS) is 11.1.